The van der Waals surface area contributed by atoms with Crippen LogP contribution in [0.3, 0.4) is 0 Å². The molecule has 0 bridgehead atoms. The molecular weight excluding hydrogens is 246 g/mol. The summed E-state index contributed by atoms with van der Waals surface area (Å²) < 4.78 is 0. The molecule has 0 radical (unpaired) electrons. The van der Waals surface area contributed by atoms with Gasteiger partial charge in [-0.1, -0.05) is 6.07 Å². The lowest BCUT2D eigenvalue weighted by molar-refractivity contribution is -0.385. The Kier molecular flexibility index (Phi) is 3.61. The fourth-order valence-corrected chi connectivity index (χ4v) is 1.81. The Hall–Kier alpha value is -2.63. The number of hydrogen-bond donors (Lipinski definition) is 2. The Morgan fingerprint density at radius 2 is 2.21 bits per heavy atom. The first-order valence-electron chi connectivity index (χ1n) is 5.73. The average molecular weight is 259 g/mol. The van der Waals surface area contributed by atoms with Crippen molar-refractivity contribution in [2.45, 2.75) is 13.5 Å². The van der Waals surface area contributed by atoms with Crippen LogP contribution in [0.1, 0.15) is 21.5 Å². The largest absolute Gasteiger partial charge is 0.367 e. The third kappa shape index (κ3) is 2.79. The molecule has 98 valence electrons. The third-order valence-electron chi connectivity index (χ3n) is 2.86. The molecule has 0 spiro atoms. The van der Waals surface area contributed by atoms with Crippen molar-refractivity contribution in [1.82, 2.24) is 10.3 Å². The van der Waals surface area contributed by atoms with Crippen LogP contribution < -0.4 is 5.32 Å². The summed E-state index contributed by atoms with van der Waals surface area (Å²) in [6.07, 6.45) is 3.54. The van der Waals surface area contributed by atoms with Crippen molar-refractivity contribution >= 4 is 11.6 Å². The van der Waals surface area contributed by atoms with Crippen molar-refractivity contribution in [3.8, 4) is 0 Å². The number of hydrogen-bond acceptors (Lipinski definition) is 3. The van der Waals surface area contributed by atoms with Crippen LogP contribution in [0.2, 0.25) is 0 Å². The van der Waals surface area contributed by atoms with Gasteiger partial charge >= 0.3 is 0 Å². The monoisotopic (exact) mass is 259 g/mol. The highest BCUT2D eigenvalue weighted by atomic mass is 16.6. The number of nitrogens with zero attached hydrogens (tertiary/aromatic N) is 1. The van der Waals surface area contributed by atoms with Crippen LogP contribution in [0, 0.1) is 17.0 Å². The van der Waals surface area contributed by atoms with Gasteiger partial charge in [0.15, 0.2) is 0 Å². The molecule has 1 aromatic carbocycles. The van der Waals surface area contributed by atoms with Gasteiger partial charge in [0.1, 0.15) is 0 Å². The predicted molar refractivity (Wildman–Crippen MR) is 69.8 cm³/mol. The standard InChI is InChI=1S/C13H13N3O3/c1-9-11(3-2-4-12(9)16(18)19)13(17)15-8-10-5-6-14-7-10/h2-7,14H,8H2,1H3,(H,15,17). The molecule has 0 aliphatic rings. The molecule has 19 heavy (non-hydrogen) atoms. The highest BCUT2D eigenvalue weighted by Gasteiger charge is 2.17. The van der Waals surface area contributed by atoms with Crippen LogP contribution >= 0.6 is 0 Å². The zero-order valence-electron chi connectivity index (χ0n) is 10.3. The maximum absolute atomic E-state index is 12.0. The topological polar surface area (TPSA) is 88.0 Å². The van der Waals surface area contributed by atoms with E-state index >= 15 is 0 Å². The lowest BCUT2D eigenvalue weighted by Crippen LogP contribution is -2.23. The molecule has 0 aliphatic heterocycles. The zero-order valence-corrected chi connectivity index (χ0v) is 10.3. The second-order valence-electron chi connectivity index (χ2n) is 4.11. The van der Waals surface area contributed by atoms with E-state index in [9.17, 15) is 14.9 Å². The molecule has 0 unspecified atom stereocenters. The number of nitro groups is 1. The van der Waals surface area contributed by atoms with Crippen molar-refractivity contribution in [3.05, 3.63) is 63.5 Å². The minimum atomic E-state index is -0.488. The maximum atomic E-state index is 12.0. The third-order valence-corrected chi connectivity index (χ3v) is 2.86. The summed E-state index contributed by atoms with van der Waals surface area (Å²) in [6.45, 7) is 1.95. The molecule has 0 saturated carbocycles. The van der Waals surface area contributed by atoms with Gasteiger partial charge in [0, 0.05) is 36.1 Å². The summed E-state index contributed by atoms with van der Waals surface area (Å²) >= 11 is 0. The fourth-order valence-electron chi connectivity index (χ4n) is 1.81. The number of nitrogens with one attached hydrogen (secondary N) is 2. The van der Waals surface area contributed by atoms with E-state index in [1.807, 2.05) is 6.07 Å². The van der Waals surface area contributed by atoms with Crippen LogP contribution in [0.5, 0.6) is 0 Å². The van der Waals surface area contributed by atoms with Gasteiger partial charge in [-0.05, 0) is 24.6 Å². The second kappa shape index (κ2) is 5.34. The van der Waals surface area contributed by atoms with E-state index < -0.39 is 4.92 Å². The molecule has 1 aromatic heterocycles. The molecule has 0 fully saturated rings. The summed E-state index contributed by atoms with van der Waals surface area (Å²) in [7, 11) is 0. The number of rotatable bonds is 4. The van der Waals surface area contributed by atoms with Crippen LogP contribution in [0.25, 0.3) is 0 Å². The van der Waals surface area contributed by atoms with Crippen molar-refractivity contribution in [2.24, 2.45) is 0 Å². The molecule has 2 rings (SSSR count). The van der Waals surface area contributed by atoms with Gasteiger partial charge in [0.25, 0.3) is 11.6 Å². The molecule has 0 atom stereocenters. The molecule has 6 heteroatoms. The quantitative estimate of drug-likeness (QED) is 0.651. The molecule has 6 nitrogen and oxygen atoms in total. The first-order chi connectivity index (χ1) is 9.09. The first kappa shape index (κ1) is 12.8. The lowest BCUT2D eigenvalue weighted by Gasteiger charge is -2.07. The van der Waals surface area contributed by atoms with E-state index in [-0.39, 0.29) is 11.6 Å². The zero-order chi connectivity index (χ0) is 13.8. The number of benzene rings is 1. The van der Waals surface area contributed by atoms with Crippen LogP contribution in [-0.2, 0) is 6.54 Å². The number of aromatic nitrogens is 1. The molecule has 1 amide bonds. The molecule has 1 heterocycles. The Morgan fingerprint density at radius 3 is 2.84 bits per heavy atom. The summed E-state index contributed by atoms with van der Waals surface area (Å²) in [5.41, 5.74) is 1.59. The highest BCUT2D eigenvalue weighted by Crippen LogP contribution is 2.20. The van der Waals surface area contributed by atoms with E-state index in [1.54, 1.807) is 25.4 Å². The number of nitro benzene ring substituents is 1. The van der Waals surface area contributed by atoms with E-state index in [1.165, 1.54) is 12.1 Å². The highest BCUT2D eigenvalue weighted by molar-refractivity contribution is 5.96. The van der Waals surface area contributed by atoms with Gasteiger partial charge in [0.05, 0.1) is 4.92 Å². The second-order valence-corrected chi connectivity index (χ2v) is 4.11. The van der Waals surface area contributed by atoms with Gasteiger partial charge in [-0.25, -0.2) is 0 Å². The van der Waals surface area contributed by atoms with Gasteiger partial charge < -0.3 is 10.3 Å². The predicted octanol–water partition coefficient (Wildman–Crippen LogP) is 2.16. The molecule has 0 aliphatic carbocycles. The minimum Gasteiger partial charge on any atom is -0.367 e. The molecular formula is C13H13N3O3. The van der Waals surface area contributed by atoms with Crippen LogP contribution in [0.15, 0.2) is 36.7 Å². The Balaban J connectivity index is 2.15. The van der Waals surface area contributed by atoms with Crippen molar-refractivity contribution in [2.75, 3.05) is 0 Å². The van der Waals surface area contributed by atoms with Gasteiger partial charge in [-0.15, -0.1) is 0 Å². The number of amides is 1. The number of H-pyrrole nitrogens is 1. The smallest absolute Gasteiger partial charge is 0.273 e. The lowest BCUT2D eigenvalue weighted by atomic mass is 10.1. The Labute approximate surface area is 109 Å². The van der Waals surface area contributed by atoms with Crippen molar-refractivity contribution in [3.63, 3.8) is 0 Å². The Morgan fingerprint density at radius 1 is 1.42 bits per heavy atom. The van der Waals surface area contributed by atoms with Crippen LogP contribution in [-0.4, -0.2) is 15.8 Å². The van der Waals surface area contributed by atoms with E-state index in [2.05, 4.69) is 10.3 Å². The van der Waals surface area contributed by atoms with Gasteiger partial charge in [-0.3, -0.25) is 14.9 Å². The minimum absolute atomic E-state index is 0.0469. The summed E-state index contributed by atoms with van der Waals surface area (Å²) in [5.74, 6) is -0.317. The van der Waals surface area contributed by atoms with E-state index in [4.69, 9.17) is 0 Å². The molecule has 2 N–H and O–H groups in total. The SMILES string of the molecule is Cc1c(C(=O)NCc2cc[nH]c2)cccc1[N+](=O)[O-]. The maximum Gasteiger partial charge on any atom is 0.273 e. The van der Waals surface area contributed by atoms with Crippen molar-refractivity contribution < 1.29 is 9.72 Å². The van der Waals surface area contributed by atoms with E-state index in [0.29, 0.717) is 17.7 Å². The fraction of sp³-hybridized carbons (Fsp3) is 0.154. The number of carbonyl (C=O) groups excluding carboxylic acids is 1. The molecule has 2 aromatic rings. The molecule has 0 saturated heterocycles. The first-order valence-corrected chi connectivity index (χ1v) is 5.73. The van der Waals surface area contributed by atoms with Crippen molar-refractivity contribution in [1.29, 1.82) is 0 Å². The Bertz CT molecular complexity index is 606. The average Bonchev–Trinajstić information content (AvgIpc) is 2.89. The normalized spacial score (nSPS) is 10.2. The number of aromatic amines is 1. The summed E-state index contributed by atoms with van der Waals surface area (Å²) in [5, 5.41) is 13.5. The number of carbonyl (C=O) groups is 1. The van der Waals surface area contributed by atoms with Gasteiger partial charge in [0.2, 0.25) is 0 Å². The van der Waals surface area contributed by atoms with Crippen LogP contribution in [0.4, 0.5) is 5.69 Å². The summed E-state index contributed by atoms with van der Waals surface area (Å²) in [4.78, 5) is 25.2. The van der Waals surface area contributed by atoms with Gasteiger partial charge in [-0.2, -0.15) is 0 Å². The van der Waals surface area contributed by atoms with E-state index in [0.717, 1.165) is 5.56 Å². The summed E-state index contributed by atoms with van der Waals surface area (Å²) in [6, 6.07) is 6.32.